The first-order chi connectivity index (χ1) is 4.27. The molecule has 9 heavy (non-hydrogen) atoms. The number of rotatable bonds is 1. The fourth-order valence-corrected chi connectivity index (χ4v) is 1.16. The molecule has 1 rings (SSSR count). The van der Waals surface area contributed by atoms with E-state index in [1.54, 1.807) is 7.11 Å². The molecule has 0 N–H and O–H groups in total. The van der Waals surface area contributed by atoms with Crippen LogP contribution in [-0.2, 0) is 4.74 Å². The summed E-state index contributed by atoms with van der Waals surface area (Å²) in [6.45, 7) is 2.13. The lowest BCUT2D eigenvalue weighted by molar-refractivity contribution is 0.0362. The highest BCUT2D eigenvalue weighted by atomic mass is 16.5. The monoisotopic (exact) mass is 126 g/mol. The number of hydrogen-bond donors (Lipinski definition) is 0. The summed E-state index contributed by atoms with van der Waals surface area (Å²) in [5.41, 5.74) is 0.0399. The average Bonchev–Trinajstić information content (AvgIpc) is 1.90. The smallest absolute Gasteiger partial charge is 0.0830 e. The summed E-state index contributed by atoms with van der Waals surface area (Å²) < 4.78 is 5.29. The second-order valence-corrected chi connectivity index (χ2v) is 2.81. The lowest BCUT2D eigenvalue weighted by Gasteiger charge is -2.26. The Bertz CT molecular complexity index is 118. The Kier molecular flexibility index (Phi) is 1.91. The lowest BCUT2D eigenvalue weighted by Crippen LogP contribution is -2.25. The largest absolute Gasteiger partial charge is 0.374 e. The maximum absolute atomic E-state index is 5.29. The summed E-state index contributed by atoms with van der Waals surface area (Å²) >= 11 is 0. The van der Waals surface area contributed by atoms with Gasteiger partial charge in [0.05, 0.1) is 5.60 Å². The second-order valence-electron chi connectivity index (χ2n) is 2.81. The number of ether oxygens (including phenoxy) is 1. The van der Waals surface area contributed by atoms with Gasteiger partial charge >= 0.3 is 0 Å². The minimum Gasteiger partial charge on any atom is -0.374 e. The lowest BCUT2D eigenvalue weighted by atomic mass is 9.93. The van der Waals surface area contributed by atoms with Gasteiger partial charge in [-0.15, -0.1) is 0 Å². The molecule has 0 spiro atoms. The molecule has 0 heterocycles. The normalized spacial score (nSPS) is 34.9. The molecule has 52 valence electrons. The maximum Gasteiger partial charge on any atom is 0.0830 e. The van der Waals surface area contributed by atoms with Crippen LogP contribution in [0.15, 0.2) is 12.2 Å². The van der Waals surface area contributed by atoms with Crippen LogP contribution in [0.2, 0.25) is 0 Å². The fraction of sp³-hybridized carbons (Fsp3) is 0.750. The van der Waals surface area contributed by atoms with Gasteiger partial charge in [-0.05, 0) is 26.2 Å². The van der Waals surface area contributed by atoms with Crippen LogP contribution >= 0.6 is 0 Å². The highest BCUT2D eigenvalue weighted by molar-refractivity contribution is 5.03. The van der Waals surface area contributed by atoms with Crippen molar-refractivity contribution in [2.75, 3.05) is 7.11 Å². The van der Waals surface area contributed by atoms with Crippen molar-refractivity contribution in [3.8, 4) is 0 Å². The van der Waals surface area contributed by atoms with Crippen LogP contribution in [0.4, 0.5) is 0 Å². The van der Waals surface area contributed by atoms with E-state index in [0.29, 0.717) is 0 Å². The Labute approximate surface area is 56.7 Å². The third-order valence-electron chi connectivity index (χ3n) is 1.98. The zero-order chi connectivity index (χ0) is 6.74. The summed E-state index contributed by atoms with van der Waals surface area (Å²) in [5, 5.41) is 0. The van der Waals surface area contributed by atoms with Crippen LogP contribution in [0, 0.1) is 0 Å². The topological polar surface area (TPSA) is 9.23 Å². The average molecular weight is 126 g/mol. The number of hydrogen-bond acceptors (Lipinski definition) is 1. The van der Waals surface area contributed by atoms with Gasteiger partial charge in [-0.25, -0.2) is 0 Å². The van der Waals surface area contributed by atoms with E-state index in [2.05, 4.69) is 19.1 Å². The first kappa shape index (κ1) is 6.81. The van der Waals surface area contributed by atoms with E-state index in [0.717, 1.165) is 0 Å². The van der Waals surface area contributed by atoms with E-state index in [-0.39, 0.29) is 5.60 Å². The van der Waals surface area contributed by atoms with E-state index in [4.69, 9.17) is 4.74 Å². The molecular weight excluding hydrogens is 112 g/mol. The summed E-state index contributed by atoms with van der Waals surface area (Å²) in [7, 11) is 1.77. The minimum absolute atomic E-state index is 0.0399. The molecule has 0 saturated carbocycles. The molecule has 1 aliphatic rings. The molecule has 1 nitrogen and oxygen atoms in total. The van der Waals surface area contributed by atoms with Crippen molar-refractivity contribution in [3.63, 3.8) is 0 Å². The van der Waals surface area contributed by atoms with E-state index in [1.807, 2.05) is 0 Å². The molecule has 0 aliphatic heterocycles. The van der Waals surface area contributed by atoms with E-state index in [9.17, 15) is 0 Å². The highest BCUT2D eigenvalue weighted by Crippen LogP contribution is 2.23. The third kappa shape index (κ3) is 1.55. The van der Waals surface area contributed by atoms with Gasteiger partial charge in [-0.1, -0.05) is 12.2 Å². The van der Waals surface area contributed by atoms with Crippen molar-refractivity contribution >= 4 is 0 Å². The predicted octanol–water partition coefficient (Wildman–Crippen LogP) is 2.13. The number of methoxy groups -OCH3 is 1. The summed E-state index contributed by atoms with van der Waals surface area (Å²) in [4.78, 5) is 0. The van der Waals surface area contributed by atoms with Crippen LogP contribution < -0.4 is 0 Å². The predicted molar refractivity (Wildman–Crippen MR) is 38.4 cm³/mol. The van der Waals surface area contributed by atoms with Crippen LogP contribution in [-0.4, -0.2) is 12.7 Å². The van der Waals surface area contributed by atoms with Gasteiger partial charge in [0, 0.05) is 7.11 Å². The van der Waals surface area contributed by atoms with Crippen molar-refractivity contribution in [1.29, 1.82) is 0 Å². The maximum atomic E-state index is 5.29. The first-order valence-electron chi connectivity index (χ1n) is 3.50. The molecule has 0 fully saturated rings. The van der Waals surface area contributed by atoms with Crippen molar-refractivity contribution in [3.05, 3.63) is 12.2 Å². The Hall–Kier alpha value is -0.300. The van der Waals surface area contributed by atoms with Crippen LogP contribution in [0.1, 0.15) is 26.2 Å². The standard InChI is InChI=1S/C8H14O/c1-8(9-2)6-4-3-5-7-8/h4,6H,3,5,7H2,1-2H3. The summed E-state index contributed by atoms with van der Waals surface area (Å²) in [6, 6.07) is 0. The van der Waals surface area contributed by atoms with Crippen molar-refractivity contribution in [1.82, 2.24) is 0 Å². The van der Waals surface area contributed by atoms with Gasteiger partial charge in [0.2, 0.25) is 0 Å². The molecule has 0 aromatic rings. The minimum atomic E-state index is 0.0399. The van der Waals surface area contributed by atoms with Gasteiger partial charge in [0.1, 0.15) is 0 Å². The highest BCUT2D eigenvalue weighted by Gasteiger charge is 2.20. The van der Waals surface area contributed by atoms with E-state index < -0.39 is 0 Å². The second kappa shape index (κ2) is 2.53. The quantitative estimate of drug-likeness (QED) is 0.489. The first-order valence-corrected chi connectivity index (χ1v) is 3.50. The molecule has 0 bridgehead atoms. The fourth-order valence-electron chi connectivity index (χ4n) is 1.16. The van der Waals surface area contributed by atoms with Gasteiger partial charge in [0.25, 0.3) is 0 Å². The molecule has 1 aliphatic carbocycles. The Morgan fingerprint density at radius 1 is 1.56 bits per heavy atom. The Balaban J connectivity index is 2.56. The molecular formula is C8H14O. The third-order valence-corrected chi connectivity index (χ3v) is 1.98. The summed E-state index contributed by atoms with van der Waals surface area (Å²) in [6.07, 6.45) is 8.02. The molecule has 1 atom stereocenters. The van der Waals surface area contributed by atoms with E-state index in [1.165, 1.54) is 19.3 Å². The van der Waals surface area contributed by atoms with Gasteiger partial charge < -0.3 is 4.74 Å². The molecule has 1 unspecified atom stereocenters. The molecule has 0 amide bonds. The Morgan fingerprint density at radius 2 is 2.33 bits per heavy atom. The molecule has 1 heteroatoms. The Morgan fingerprint density at radius 3 is 2.67 bits per heavy atom. The zero-order valence-electron chi connectivity index (χ0n) is 6.18. The molecule has 0 aromatic heterocycles. The van der Waals surface area contributed by atoms with E-state index >= 15 is 0 Å². The van der Waals surface area contributed by atoms with Gasteiger partial charge in [-0.3, -0.25) is 0 Å². The molecule has 0 aromatic carbocycles. The van der Waals surface area contributed by atoms with Crippen molar-refractivity contribution < 1.29 is 4.74 Å². The van der Waals surface area contributed by atoms with Crippen molar-refractivity contribution in [2.45, 2.75) is 31.8 Å². The van der Waals surface area contributed by atoms with Gasteiger partial charge in [-0.2, -0.15) is 0 Å². The van der Waals surface area contributed by atoms with Crippen LogP contribution in [0.25, 0.3) is 0 Å². The van der Waals surface area contributed by atoms with Crippen LogP contribution in [0.3, 0.4) is 0 Å². The van der Waals surface area contributed by atoms with Crippen molar-refractivity contribution in [2.24, 2.45) is 0 Å². The number of allylic oxidation sites excluding steroid dienone is 1. The SMILES string of the molecule is COC1(C)C=CCCC1. The van der Waals surface area contributed by atoms with Crippen LogP contribution in [0.5, 0.6) is 0 Å². The zero-order valence-corrected chi connectivity index (χ0v) is 6.18. The van der Waals surface area contributed by atoms with Gasteiger partial charge in [0.15, 0.2) is 0 Å². The molecule has 0 radical (unpaired) electrons. The molecule has 0 saturated heterocycles. The summed E-state index contributed by atoms with van der Waals surface area (Å²) in [5.74, 6) is 0.